The summed E-state index contributed by atoms with van der Waals surface area (Å²) in [7, 11) is -2.33. The predicted molar refractivity (Wildman–Crippen MR) is 95.5 cm³/mol. The Morgan fingerprint density at radius 2 is 2.04 bits per heavy atom. The third-order valence-corrected chi connectivity index (χ3v) is 6.17. The lowest BCUT2D eigenvalue weighted by Crippen LogP contribution is -2.39. The van der Waals surface area contributed by atoms with Crippen LogP contribution < -0.4 is 4.72 Å². The number of nitro benzene ring substituents is 1. The molecule has 8 nitrogen and oxygen atoms in total. The summed E-state index contributed by atoms with van der Waals surface area (Å²) in [4.78, 5) is 15.8. The highest BCUT2D eigenvalue weighted by molar-refractivity contribution is 7.90. The fraction of sp³-hybridized carbons (Fsp3) is 0.294. The molecule has 0 bridgehead atoms. The molecule has 2 unspecified atom stereocenters. The maximum atomic E-state index is 13.7. The van der Waals surface area contributed by atoms with Crippen molar-refractivity contribution in [2.75, 3.05) is 13.7 Å². The van der Waals surface area contributed by atoms with E-state index in [1.807, 2.05) is 0 Å². The molecule has 10 heteroatoms. The summed E-state index contributed by atoms with van der Waals surface area (Å²) < 4.78 is 41.7. The van der Waals surface area contributed by atoms with E-state index in [-0.39, 0.29) is 24.4 Å². The second-order valence-corrected chi connectivity index (χ2v) is 8.12. The molecule has 27 heavy (non-hydrogen) atoms. The van der Waals surface area contributed by atoms with Gasteiger partial charge in [-0.05, 0) is 11.6 Å². The maximum absolute atomic E-state index is 13.7. The lowest BCUT2D eigenvalue weighted by Gasteiger charge is -2.23. The van der Waals surface area contributed by atoms with Crippen LogP contribution in [-0.4, -0.2) is 37.3 Å². The van der Waals surface area contributed by atoms with Crippen molar-refractivity contribution in [2.45, 2.75) is 17.8 Å². The van der Waals surface area contributed by atoms with Gasteiger partial charge in [0, 0.05) is 31.3 Å². The maximum Gasteiger partial charge on any atom is 0.269 e. The van der Waals surface area contributed by atoms with Crippen molar-refractivity contribution >= 4 is 15.7 Å². The molecule has 0 radical (unpaired) electrons. The molecule has 1 N–H and O–H groups in total. The summed E-state index contributed by atoms with van der Waals surface area (Å²) >= 11 is 0. The molecule has 2 aromatic rings. The Morgan fingerprint density at radius 1 is 1.30 bits per heavy atom. The van der Waals surface area contributed by atoms with Crippen LogP contribution in [0.15, 0.2) is 48.5 Å². The van der Waals surface area contributed by atoms with Gasteiger partial charge in [-0.2, -0.15) is 5.06 Å². The quantitative estimate of drug-likeness (QED) is 0.594. The van der Waals surface area contributed by atoms with Gasteiger partial charge in [-0.1, -0.05) is 30.3 Å². The molecule has 0 aliphatic carbocycles. The fourth-order valence-electron chi connectivity index (χ4n) is 3.03. The van der Waals surface area contributed by atoms with Crippen molar-refractivity contribution in [3.05, 3.63) is 75.6 Å². The number of rotatable bonds is 6. The van der Waals surface area contributed by atoms with E-state index in [4.69, 9.17) is 4.84 Å². The topological polar surface area (TPSA) is 102 Å². The van der Waals surface area contributed by atoms with Crippen molar-refractivity contribution in [3.63, 3.8) is 0 Å². The molecule has 2 aromatic carbocycles. The molecule has 0 saturated carbocycles. The molecule has 0 amide bonds. The van der Waals surface area contributed by atoms with Crippen LogP contribution >= 0.6 is 0 Å². The largest absolute Gasteiger partial charge is 0.297 e. The van der Waals surface area contributed by atoms with Crippen molar-refractivity contribution < 1.29 is 22.6 Å². The van der Waals surface area contributed by atoms with Gasteiger partial charge in [-0.3, -0.25) is 15.0 Å². The first kappa shape index (κ1) is 19.4. The first-order valence-electron chi connectivity index (χ1n) is 8.11. The van der Waals surface area contributed by atoms with Gasteiger partial charge in [0.15, 0.2) is 0 Å². The van der Waals surface area contributed by atoms with Gasteiger partial charge in [0.1, 0.15) is 11.1 Å². The van der Waals surface area contributed by atoms with Crippen LogP contribution in [0.4, 0.5) is 10.1 Å². The Morgan fingerprint density at radius 3 is 2.74 bits per heavy atom. The Labute approximate surface area is 155 Å². The van der Waals surface area contributed by atoms with E-state index >= 15 is 0 Å². The van der Waals surface area contributed by atoms with Crippen LogP contribution in [0.5, 0.6) is 0 Å². The summed E-state index contributed by atoms with van der Waals surface area (Å²) in [6.45, 7) is -0.312. The highest BCUT2D eigenvalue weighted by atomic mass is 32.2. The third-order valence-electron chi connectivity index (χ3n) is 4.43. The summed E-state index contributed by atoms with van der Waals surface area (Å²) in [6.07, 6.45) is 0. The first-order valence-corrected chi connectivity index (χ1v) is 9.66. The second-order valence-electron chi connectivity index (χ2n) is 6.13. The summed E-state index contributed by atoms with van der Waals surface area (Å²) in [5.74, 6) is -0.504. The normalized spacial score (nSPS) is 20.7. The van der Waals surface area contributed by atoms with Crippen LogP contribution in [0, 0.1) is 15.9 Å². The van der Waals surface area contributed by atoms with Crippen LogP contribution in [0.1, 0.15) is 17.2 Å². The molecule has 2 atom stereocenters. The fourth-order valence-corrected chi connectivity index (χ4v) is 4.51. The van der Waals surface area contributed by atoms with Crippen LogP contribution in [0.2, 0.25) is 0 Å². The van der Waals surface area contributed by atoms with E-state index in [1.165, 1.54) is 41.5 Å². The predicted octanol–water partition coefficient (Wildman–Crippen LogP) is 2.14. The van der Waals surface area contributed by atoms with Gasteiger partial charge in [-0.25, -0.2) is 17.5 Å². The number of nitrogens with zero attached hydrogens (tertiary/aromatic N) is 2. The molecule has 0 aromatic heterocycles. The zero-order valence-corrected chi connectivity index (χ0v) is 15.2. The standard InChI is InChI=1S/C17H18FN3O5S/c1-20-17(12-6-4-7-14(9-12)21(22)23)16(11-26-20)27(24,25)19-10-13-5-2-3-8-15(13)18/h2-9,16-17,19H,10-11H2,1H3. The SMILES string of the molecule is CN1OCC(S(=O)(=O)NCc2ccccc2F)C1c1cccc([N+](=O)[O-])c1. The van der Waals surface area contributed by atoms with E-state index in [1.54, 1.807) is 19.2 Å². The van der Waals surface area contributed by atoms with Gasteiger partial charge >= 0.3 is 0 Å². The van der Waals surface area contributed by atoms with Crippen LogP contribution in [0.25, 0.3) is 0 Å². The molecule has 144 valence electrons. The summed E-state index contributed by atoms with van der Waals surface area (Å²) in [5, 5.41) is 11.4. The monoisotopic (exact) mass is 395 g/mol. The van der Waals surface area contributed by atoms with Crippen LogP contribution in [-0.2, 0) is 21.4 Å². The van der Waals surface area contributed by atoms with Crippen molar-refractivity contribution in [1.82, 2.24) is 9.79 Å². The van der Waals surface area contributed by atoms with Crippen molar-refractivity contribution in [1.29, 1.82) is 0 Å². The molecule has 0 spiro atoms. The van der Waals surface area contributed by atoms with Gasteiger partial charge in [0.25, 0.3) is 5.69 Å². The number of nitrogens with one attached hydrogen (secondary N) is 1. The number of nitro groups is 1. The zero-order valence-electron chi connectivity index (χ0n) is 14.4. The van der Waals surface area contributed by atoms with E-state index < -0.39 is 32.1 Å². The van der Waals surface area contributed by atoms with Gasteiger partial charge in [0.05, 0.1) is 17.6 Å². The van der Waals surface area contributed by atoms with Crippen molar-refractivity contribution in [3.8, 4) is 0 Å². The number of sulfonamides is 1. The minimum absolute atomic E-state index is 0.115. The molecular formula is C17H18FN3O5S. The number of non-ortho nitro benzene ring substituents is 1. The van der Waals surface area contributed by atoms with E-state index in [9.17, 15) is 22.9 Å². The highest BCUT2D eigenvalue weighted by Gasteiger charge is 2.43. The third kappa shape index (κ3) is 4.14. The van der Waals surface area contributed by atoms with Gasteiger partial charge in [-0.15, -0.1) is 0 Å². The lowest BCUT2D eigenvalue weighted by atomic mass is 10.0. The molecule has 3 rings (SSSR count). The van der Waals surface area contributed by atoms with E-state index in [0.717, 1.165) is 0 Å². The van der Waals surface area contributed by atoms with Crippen LogP contribution in [0.3, 0.4) is 0 Å². The number of hydrogen-bond donors (Lipinski definition) is 1. The molecule has 1 saturated heterocycles. The molecular weight excluding hydrogens is 377 g/mol. The number of benzene rings is 2. The van der Waals surface area contributed by atoms with Gasteiger partial charge < -0.3 is 0 Å². The summed E-state index contributed by atoms with van der Waals surface area (Å²) in [5.41, 5.74) is 0.536. The second kappa shape index (κ2) is 7.69. The number of halogens is 1. The Bertz CT molecular complexity index is 953. The molecule has 1 aliphatic rings. The average molecular weight is 395 g/mol. The Balaban J connectivity index is 1.84. The van der Waals surface area contributed by atoms with E-state index in [0.29, 0.717) is 5.56 Å². The Kier molecular flexibility index (Phi) is 5.51. The number of hydroxylamine groups is 2. The smallest absolute Gasteiger partial charge is 0.269 e. The Hall–Kier alpha value is -2.40. The first-order chi connectivity index (χ1) is 12.8. The van der Waals surface area contributed by atoms with Crippen molar-refractivity contribution in [2.24, 2.45) is 0 Å². The lowest BCUT2D eigenvalue weighted by molar-refractivity contribution is -0.385. The number of hydrogen-bond acceptors (Lipinski definition) is 6. The molecule has 1 heterocycles. The highest BCUT2D eigenvalue weighted by Crippen LogP contribution is 2.34. The van der Waals surface area contributed by atoms with E-state index in [2.05, 4.69) is 4.72 Å². The molecule has 1 fully saturated rings. The molecule has 1 aliphatic heterocycles. The summed E-state index contributed by atoms with van der Waals surface area (Å²) in [6, 6.07) is 10.9. The van der Waals surface area contributed by atoms with Gasteiger partial charge in [0.2, 0.25) is 10.0 Å². The zero-order chi connectivity index (χ0) is 19.6. The average Bonchev–Trinajstić information content (AvgIpc) is 3.03. The minimum atomic E-state index is -3.89. The minimum Gasteiger partial charge on any atom is -0.297 e.